The maximum Gasteiger partial charge on any atom is 0.103 e. The lowest BCUT2D eigenvalue weighted by atomic mass is 10.1. The van der Waals surface area contributed by atoms with E-state index in [1.54, 1.807) is 6.26 Å². The molecule has 0 aliphatic carbocycles. The highest BCUT2D eigenvalue weighted by molar-refractivity contribution is 6.18. The van der Waals surface area contributed by atoms with E-state index < -0.39 is 0 Å². The molecule has 1 heterocycles. The monoisotopic (exact) mass is 230 g/mol. The summed E-state index contributed by atoms with van der Waals surface area (Å²) in [5, 5.41) is 9.22. The highest BCUT2D eigenvalue weighted by Gasteiger charge is 2.01. The van der Waals surface area contributed by atoms with Gasteiger partial charge in [-0.05, 0) is 25.0 Å². The van der Waals surface area contributed by atoms with Gasteiger partial charge in [-0.3, -0.25) is 0 Å². The van der Waals surface area contributed by atoms with Gasteiger partial charge >= 0.3 is 0 Å². The first kappa shape index (κ1) is 12.6. The van der Waals surface area contributed by atoms with Crippen molar-refractivity contribution in [3.8, 4) is 0 Å². The van der Waals surface area contributed by atoms with Crippen molar-refractivity contribution in [3.05, 3.63) is 24.2 Å². The molecule has 0 spiro atoms. The Morgan fingerprint density at radius 1 is 1.27 bits per heavy atom. The Morgan fingerprint density at radius 3 is 2.73 bits per heavy atom. The van der Waals surface area contributed by atoms with Gasteiger partial charge in [-0.2, -0.15) is 0 Å². The second-order valence-electron chi connectivity index (χ2n) is 3.84. The molecule has 1 aromatic heterocycles. The molecule has 0 amide bonds. The van der Waals surface area contributed by atoms with Crippen LogP contribution in [0.4, 0.5) is 0 Å². The number of unbranched alkanes of at least 4 members (excludes halogenated alkanes) is 3. The van der Waals surface area contributed by atoms with E-state index >= 15 is 0 Å². The highest BCUT2D eigenvalue weighted by Crippen LogP contribution is 2.10. The first-order valence-electron chi connectivity index (χ1n) is 5.59. The van der Waals surface area contributed by atoms with Crippen LogP contribution in [-0.4, -0.2) is 17.1 Å². The lowest BCUT2D eigenvalue weighted by Crippen LogP contribution is -2.07. The smallest absolute Gasteiger partial charge is 0.103 e. The lowest BCUT2D eigenvalue weighted by Gasteiger charge is -2.05. The summed E-state index contributed by atoms with van der Waals surface area (Å²) in [5.74, 6) is 1.42. The van der Waals surface area contributed by atoms with Gasteiger partial charge in [0.15, 0.2) is 0 Å². The van der Waals surface area contributed by atoms with Gasteiger partial charge < -0.3 is 9.52 Å². The Bertz CT molecular complexity index is 234. The molecule has 1 rings (SSSR count). The Morgan fingerprint density at radius 2 is 2.07 bits per heavy atom. The quantitative estimate of drug-likeness (QED) is 0.549. The Balaban J connectivity index is 1.89. The number of alkyl halides is 1. The van der Waals surface area contributed by atoms with Crippen molar-refractivity contribution in [3.63, 3.8) is 0 Å². The van der Waals surface area contributed by atoms with Crippen molar-refractivity contribution in [2.45, 2.75) is 44.6 Å². The Labute approximate surface area is 96.2 Å². The molecular formula is C12H19ClO2. The predicted octanol–water partition coefficient (Wildman–Crippen LogP) is 3.37. The molecule has 0 aliphatic heterocycles. The lowest BCUT2D eigenvalue weighted by molar-refractivity contribution is 0.183. The Hall–Kier alpha value is -0.470. The number of hydrogen-bond donors (Lipinski definition) is 1. The molecule has 0 bridgehead atoms. The van der Waals surface area contributed by atoms with Crippen LogP contribution in [0.2, 0.25) is 0 Å². The van der Waals surface area contributed by atoms with Gasteiger partial charge in [0.2, 0.25) is 0 Å². The number of hydrogen-bond acceptors (Lipinski definition) is 2. The van der Waals surface area contributed by atoms with E-state index in [2.05, 4.69) is 0 Å². The number of halogens is 1. The predicted molar refractivity (Wildman–Crippen MR) is 62.2 cm³/mol. The molecule has 86 valence electrons. The van der Waals surface area contributed by atoms with Crippen molar-refractivity contribution in [1.29, 1.82) is 0 Å². The summed E-state index contributed by atoms with van der Waals surface area (Å²) in [7, 11) is 0. The van der Waals surface area contributed by atoms with E-state index in [4.69, 9.17) is 16.0 Å². The van der Waals surface area contributed by atoms with Crippen LogP contribution in [0.15, 0.2) is 22.8 Å². The molecule has 0 aromatic carbocycles. The van der Waals surface area contributed by atoms with Crippen LogP contribution in [0.25, 0.3) is 0 Å². The summed E-state index contributed by atoms with van der Waals surface area (Å²) in [6.07, 6.45) is 7.80. The van der Waals surface area contributed by atoms with Crippen molar-refractivity contribution >= 4 is 11.6 Å². The second-order valence-corrected chi connectivity index (χ2v) is 4.15. The third-order valence-corrected chi connectivity index (χ3v) is 2.82. The summed E-state index contributed by atoms with van der Waals surface area (Å²) in [4.78, 5) is 0. The molecule has 0 saturated carbocycles. The van der Waals surface area contributed by atoms with E-state index in [-0.39, 0.29) is 6.10 Å². The Kier molecular flexibility index (Phi) is 6.53. The minimum absolute atomic E-state index is 0.322. The molecule has 0 radical (unpaired) electrons. The highest BCUT2D eigenvalue weighted by atomic mass is 35.5. The number of aliphatic hydroxyl groups is 1. The van der Waals surface area contributed by atoms with Gasteiger partial charge in [0.05, 0.1) is 12.4 Å². The van der Waals surface area contributed by atoms with E-state index in [1.165, 1.54) is 6.42 Å². The van der Waals surface area contributed by atoms with Gasteiger partial charge in [0.25, 0.3) is 0 Å². The SMILES string of the molecule is OC(CCl)CCCCCCc1ccco1. The van der Waals surface area contributed by atoms with Gasteiger partial charge in [-0.15, -0.1) is 11.6 Å². The summed E-state index contributed by atoms with van der Waals surface area (Å²) in [6.45, 7) is 0. The van der Waals surface area contributed by atoms with Crippen LogP contribution < -0.4 is 0 Å². The van der Waals surface area contributed by atoms with Crippen LogP contribution in [-0.2, 0) is 6.42 Å². The van der Waals surface area contributed by atoms with Crippen LogP contribution in [0.1, 0.15) is 37.9 Å². The molecule has 1 unspecified atom stereocenters. The second kappa shape index (κ2) is 7.77. The molecule has 15 heavy (non-hydrogen) atoms. The summed E-state index contributed by atoms with van der Waals surface area (Å²) < 4.78 is 5.24. The third kappa shape index (κ3) is 5.85. The fraction of sp³-hybridized carbons (Fsp3) is 0.667. The zero-order valence-corrected chi connectivity index (χ0v) is 9.75. The topological polar surface area (TPSA) is 33.4 Å². The standard InChI is InChI=1S/C12H19ClO2/c13-10-11(14)6-3-1-2-4-7-12-8-5-9-15-12/h5,8-9,11,14H,1-4,6-7,10H2. The third-order valence-electron chi connectivity index (χ3n) is 2.47. The van der Waals surface area contributed by atoms with Gasteiger partial charge in [-0.25, -0.2) is 0 Å². The van der Waals surface area contributed by atoms with Crippen LogP contribution in [0.5, 0.6) is 0 Å². The van der Waals surface area contributed by atoms with Crippen LogP contribution in [0.3, 0.4) is 0 Å². The van der Waals surface area contributed by atoms with E-state index in [9.17, 15) is 5.11 Å². The molecule has 0 aliphatic rings. The first-order valence-corrected chi connectivity index (χ1v) is 6.13. The van der Waals surface area contributed by atoms with Gasteiger partial charge in [0.1, 0.15) is 5.76 Å². The van der Waals surface area contributed by atoms with E-state index in [0.29, 0.717) is 5.88 Å². The average molecular weight is 231 g/mol. The minimum atomic E-state index is -0.322. The number of furan rings is 1. The number of aliphatic hydroxyl groups excluding tert-OH is 1. The zero-order valence-electron chi connectivity index (χ0n) is 8.99. The molecular weight excluding hydrogens is 212 g/mol. The normalized spacial score (nSPS) is 12.9. The zero-order chi connectivity index (χ0) is 10.9. The fourth-order valence-corrected chi connectivity index (χ4v) is 1.72. The van der Waals surface area contributed by atoms with E-state index in [0.717, 1.165) is 37.9 Å². The van der Waals surface area contributed by atoms with E-state index in [1.807, 2.05) is 12.1 Å². The summed E-state index contributed by atoms with van der Waals surface area (Å²) in [6, 6.07) is 3.93. The molecule has 1 N–H and O–H groups in total. The van der Waals surface area contributed by atoms with Crippen molar-refractivity contribution in [2.75, 3.05) is 5.88 Å². The average Bonchev–Trinajstić information content (AvgIpc) is 2.75. The maximum atomic E-state index is 9.22. The van der Waals surface area contributed by atoms with Crippen molar-refractivity contribution in [2.24, 2.45) is 0 Å². The van der Waals surface area contributed by atoms with Crippen LogP contribution >= 0.6 is 11.6 Å². The summed E-state index contributed by atoms with van der Waals surface area (Å²) in [5.41, 5.74) is 0. The van der Waals surface area contributed by atoms with Crippen LogP contribution in [0, 0.1) is 0 Å². The van der Waals surface area contributed by atoms with Gasteiger partial charge in [0, 0.05) is 12.3 Å². The largest absolute Gasteiger partial charge is 0.469 e. The summed E-state index contributed by atoms with van der Waals surface area (Å²) >= 11 is 5.50. The molecule has 1 atom stereocenters. The van der Waals surface area contributed by atoms with Crippen molar-refractivity contribution in [1.82, 2.24) is 0 Å². The molecule has 2 nitrogen and oxygen atoms in total. The minimum Gasteiger partial charge on any atom is -0.469 e. The molecule has 0 saturated heterocycles. The van der Waals surface area contributed by atoms with Crippen molar-refractivity contribution < 1.29 is 9.52 Å². The first-order chi connectivity index (χ1) is 7.33. The number of aryl methyl sites for hydroxylation is 1. The fourth-order valence-electron chi connectivity index (χ4n) is 1.56. The maximum absolute atomic E-state index is 9.22. The molecule has 0 fully saturated rings. The number of rotatable bonds is 8. The molecule has 1 aromatic rings. The molecule has 3 heteroatoms. The van der Waals surface area contributed by atoms with Gasteiger partial charge in [-0.1, -0.05) is 19.3 Å².